The van der Waals surface area contributed by atoms with E-state index < -0.39 is 0 Å². The first-order valence-corrected chi connectivity index (χ1v) is 11.9. The second kappa shape index (κ2) is 10.3. The van der Waals surface area contributed by atoms with Crippen LogP contribution in [0.2, 0.25) is 5.02 Å². The van der Waals surface area contributed by atoms with Crippen molar-refractivity contribution in [1.82, 2.24) is 15.1 Å². The predicted molar refractivity (Wildman–Crippen MR) is 137 cm³/mol. The standard InChI is InChI=1S/C26H30ClN5O2/c1-18-6-9-22(15-23(18)27)32-25(33)13-12-24(29-32)31-14-4-5-20(17-31)26(34)28-16-19-7-10-21(11-8-19)30(2)3/h6-13,15,20H,4-5,14,16-17H2,1-3H3,(H,28,34). The van der Waals surface area contributed by atoms with Gasteiger partial charge in [0.25, 0.3) is 5.56 Å². The molecule has 1 atom stereocenters. The van der Waals surface area contributed by atoms with Crippen LogP contribution in [0.15, 0.2) is 59.4 Å². The summed E-state index contributed by atoms with van der Waals surface area (Å²) < 4.78 is 1.36. The van der Waals surface area contributed by atoms with Crippen LogP contribution in [0.25, 0.3) is 5.69 Å². The summed E-state index contributed by atoms with van der Waals surface area (Å²) in [6, 6.07) is 16.8. The van der Waals surface area contributed by atoms with Gasteiger partial charge < -0.3 is 15.1 Å². The number of amides is 1. The molecule has 1 aliphatic rings. The molecule has 1 saturated heterocycles. The van der Waals surface area contributed by atoms with E-state index >= 15 is 0 Å². The van der Waals surface area contributed by atoms with E-state index in [0.29, 0.717) is 29.6 Å². The van der Waals surface area contributed by atoms with Crippen molar-refractivity contribution < 1.29 is 4.79 Å². The fourth-order valence-corrected chi connectivity index (χ4v) is 4.29. The van der Waals surface area contributed by atoms with E-state index in [-0.39, 0.29) is 17.4 Å². The molecule has 1 aliphatic heterocycles. The van der Waals surface area contributed by atoms with Crippen molar-refractivity contribution in [2.75, 3.05) is 37.0 Å². The molecule has 0 spiro atoms. The molecule has 1 aromatic heterocycles. The number of aryl methyl sites for hydroxylation is 1. The molecule has 0 aliphatic carbocycles. The lowest BCUT2D eigenvalue weighted by molar-refractivity contribution is -0.125. The maximum atomic E-state index is 12.9. The number of piperidine rings is 1. The third kappa shape index (κ3) is 5.42. The van der Waals surface area contributed by atoms with Gasteiger partial charge in [-0.15, -0.1) is 5.10 Å². The van der Waals surface area contributed by atoms with Crippen LogP contribution in [-0.2, 0) is 11.3 Å². The second-order valence-corrected chi connectivity index (χ2v) is 9.35. The number of halogens is 1. The molecular weight excluding hydrogens is 450 g/mol. The zero-order chi connectivity index (χ0) is 24.2. The van der Waals surface area contributed by atoms with Crippen LogP contribution in [-0.4, -0.2) is 42.9 Å². The van der Waals surface area contributed by atoms with Gasteiger partial charge in [-0.05, 0) is 61.2 Å². The molecule has 4 rings (SSSR count). The average molecular weight is 480 g/mol. The molecule has 34 heavy (non-hydrogen) atoms. The number of carbonyl (C=O) groups is 1. The first-order valence-electron chi connectivity index (χ1n) is 11.5. The minimum absolute atomic E-state index is 0.0417. The largest absolute Gasteiger partial charge is 0.378 e. The second-order valence-electron chi connectivity index (χ2n) is 8.94. The molecule has 1 amide bonds. The van der Waals surface area contributed by atoms with Crippen LogP contribution >= 0.6 is 11.6 Å². The summed E-state index contributed by atoms with van der Waals surface area (Å²) in [5.74, 6) is 0.582. The van der Waals surface area contributed by atoms with Gasteiger partial charge in [-0.2, -0.15) is 4.68 Å². The first kappa shape index (κ1) is 23.8. The molecule has 2 heterocycles. The number of rotatable bonds is 6. The Labute approximate surface area is 205 Å². The zero-order valence-electron chi connectivity index (χ0n) is 19.8. The van der Waals surface area contributed by atoms with E-state index in [1.807, 2.05) is 62.3 Å². The van der Waals surface area contributed by atoms with Gasteiger partial charge in [0.05, 0.1) is 11.6 Å². The molecule has 3 aromatic rings. The van der Waals surface area contributed by atoms with Crippen LogP contribution in [0.5, 0.6) is 0 Å². The number of hydrogen-bond acceptors (Lipinski definition) is 5. The molecule has 1 unspecified atom stereocenters. The van der Waals surface area contributed by atoms with Crippen molar-refractivity contribution in [3.8, 4) is 5.69 Å². The third-order valence-electron chi connectivity index (χ3n) is 6.22. The topological polar surface area (TPSA) is 70.5 Å². The van der Waals surface area contributed by atoms with Gasteiger partial charge >= 0.3 is 0 Å². The molecular formula is C26H30ClN5O2. The Bertz CT molecular complexity index is 1220. The summed E-state index contributed by atoms with van der Waals surface area (Å²) in [5.41, 5.74) is 3.52. The van der Waals surface area contributed by atoms with Crippen molar-refractivity contribution in [3.05, 3.63) is 81.1 Å². The molecule has 0 bridgehead atoms. The van der Waals surface area contributed by atoms with Crippen LogP contribution in [0.1, 0.15) is 24.0 Å². The SMILES string of the molecule is Cc1ccc(-n2nc(N3CCCC(C(=O)NCc4ccc(N(C)C)cc4)C3)ccc2=O)cc1Cl. The number of carbonyl (C=O) groups excluding carboxylic acids is 1. The van der Waals surface area contributed by atoms with Crippen molar-refractivity contribution in [1.29, 1.82) is 0 Å². The Morgan fingerprint density at radius 3 is 2.62 bits per heavy atom. The predicted octanol–water partition coefficient (Wildman–Crippen LogP) is 3.79. The van der Waals surface area contributed by atoms with Crippen LogP contribution in [0.4, 0.5) is 11.5 Å². The smallest absolute Gasteiger partial charge is 0.271 e. The number of nitrogens with zero attached hydrogens (tertiary/aromatic N) is 4. The van der Waals surface area contributed by atoms with Crippen molar-refractivity contribution in [2.45, 2.75) is 26.3 Å². The molecule has 0 saturated carbocycles. The van der Waals surface area contributed by atoms with Crippen LogP contribution in [0.3, 0.4) is 0 Å². The van der Waals surface area contributed by atoms with Gasteiger partial charge in [0.1, 0.15) is 5.82 Å². The quantitative estimate of drug-likeness (QED) is 0.582. The molecule has 2 aromatic carbocycles. The number of nitrogens with one attached hydrogen (secondary N) is 1. The molecule has 8 heteroatoms. The monoisotopic (exact) mass is 479 g/mol. The van der Waals surface area contributed by atoms with Gasteiger partial charge in [0.2, 0.25) is 5.91 Å². The highest BCUT2D eigenvalue weighted by Crippen LogP contribution is 2.23. The van der Waals surface area contributed by atoms with Gasteiger partial charge in [0.15, 0.2) is 0 Å². The van der Waals surface area contributed by atoms with Gasteiger partial charge in [-0.3, -0.25) is 9.59 Å². The zero-order valence-corrected chi connectivity index (χ0v) is 20.5. The molecule has 1 N–H and O–H groups in total. The van der Waals surface area contributed by atoms with Gasteiger partial charge in [0, 0.05) is 50.5 Å². The lowest BCUT2D eigenvalue weighted by Crippen LogP contribution is -2.43. The van der Waals surface area contributed by atoms with E-state index in [9.17, 15) is 9.59 Å². The Balaban J connectivity index is 1.43. The lowest BCUT2D eigenvalue weighted by atomic mass is 9.97. The number of anilines is 2. The Morgan fingerprint density at radius 2 is 1.91 bits per heavy atom. The van der Waals surface area contributed by atoms with Crippen LogP contribution in [0, 0.1) is 12.8 Å². The van der Waals surface area contributed by atoms with Crippen LogP contribution < -0.4 is 20.7 Å². The van der Waals surface area contributed by atoms with Crippen molar-refractivity contribution >= 4 is 29.0 Å². The number of hydrogen-bond donors (Lipinski definition) is 1. The Morgan fingerprint density at radius 1 is 1.15 bits per heavy atom. The molecule has 7 nitrogen and oxygen atoms in total. The highest BCUT2D eigenvalue weighted by molar-refractivity contribution is 6.31. The summed E-state index contributed by atoms with van der Waals surface area (Å²) in [7, 11) is 4.00. The highest BCUT2D eigenvalue weighted by Gasteiger charge is 2.27. The van der Waals surface area contributed by atoms with Crippen molar-refractivity contribution in [2.24, 2.45) is 5.92 Å². The Hall–Kier alpha value is -3.32. The summed E-state index contributed by atoms with van der Waals surface area (Å²) >= 11 is 6.25. The Kier molecular flexibility index (Phi) is 7.22. The van der Waals surface area contributed by atoms with E-state index in [1.54, 1.807) is 12.1 Å². The number of aromatic nitrogens is 2. The average Bonchev–Trinajstić information content (AvgIpc) is 2.85. The molecule has 178 valence electrons. The minimum atomic E-state index is -0.227. The maximum absolute atomic E-state index is 12.9. The summed E-state index contributed by atoms with van der Waals surface area (Å²) in [6.07, 6.45) is 1.71. The summed E-state index contributed by atoms with van der Waals surface area (Å²) in [5, 5.41) is 8.25. The fraction of sp³-hybridized carbons (Fsp3) is 0.346. The first-order chi connectivity index (χ1) is 16.3. The van der Waals surface area contributed by atoms with E-state index in [0.717, 1.165) is 36.2 Å². The van der Waals surface area contributed by atoms with E-state index in [2.05, 4.69) is 15.3 Å². The molecule has 1 fully saturated rings. The van der Waals surface area contributed by atoms with E-state index in [1.165, 1.54) is 10.7 Å². The van der Waals surface area contributed by atoms with Gasteiger partial charge in [-0.1, -0.05) is 29.8 Å². The summed E-state index contributed by atoms with van der Waals surface area (Å²) in [4.78, 5) is 29.5. The normalized spacial score (nSPS) is 15.8. The molecule has 0 radical (unpaired) electrons. The lowest BCUT2D eigenvalue weighted by Gasteiger charge is -2.33. The minimum Gasteiger partial charge on any atom is -0.378 e. The van der Waals surface area contributed by atoms with Gasteiger partial charge in [-0.25, -0.2) is 0 Å². The number of benzene rings is 2. The summed E-state index contributed by atoms with van der Waals surface area (Å²) in [6.45, 7) is 3.76. The maximum Gasteiger partial charge on any atom is 0.271 e. The third-order valence-corrected chi connectivity index (χ3v) is 6.63. The van der Waals surface area contributed by atoms with E-state index in [4.69, 9.17) is 11.6 Å². The van der Waals surface area contributed by atoms with Crippen molar-refractivity contribution in [3.63, 3.8) is 0 Å². The fourth-order valence-electron chi connectivity index (χ4n) is 4.11. The highest BCUT2D eigenvalue weighted by atomic mass is 35.5.